The van der Waals surface area contributed by atoms with E-state index in [0.29, 0.717) is 10.9 Å². The summed E-state index contributed by atoms with van der Waals surface area (Å²) in [5.41, 5.74) is 3.28. The minimum Gasteiger partial charge on any atom is -0.497 e. The lowest BCUT2D eigenvalue weighted by Gasteiger charge is -2.06. The highest BCUT2D eigenvalue weighted by Crippen LogP contribution is 2.30. The molecule has 0 saturated carbocycles. The number of carbonyl (C=O) groups is 1. The van der Waals surface area contributed by atoms with Crippen LogP contribution in [0, 0.1) is 6.92 Å². The molecule has 2 aromatic carbocycles. The first-order chi connectivity index (χ1) is 13.6. The first kappa shape index (κ1) is 19.9. The van der Waals surface area contributed by atoms with E-state index in [-0.39, 0.29) is 12.5 Å². The molecule has 28 heavy (non-hydrogen) atoms. The summed E-state index contributed by atoms with van der Waals surface area (Å²) in [6.07, 6.45) is 2.20. The van der Waals surface area contributed by atoms with Crippen LogP contribution in [-0.2, 0) is 11.2 Å². The average Bonchev–Trinajstić information content (AvgIpc) is 3.07. The van der Waals surface area contributed by atoms with Gasteiger partial charge >= 0.3 is 0 Å². The number of methoxy groups -OCH3 is 1. The van der Waals surface area contributed by atoms with Crippen molar-refractivity contribution in [3.8, 4) is 22.8 Å². The number of aromatic nitrogens is 1. The smallest absolute Gasteiger partial charge is 0.264 e. The Labute approximate surface area is 169 Å². The van der Waals surface area contributed by atoms with Gasteiger partial charge in [0.2, 0.25) is 0 Å². The van der Waals surface area contributed by atoms with Crippen LogP contribution in [0.4, 0.5) is 5.13 Å². The Bertz CT molecular complexity index is 918. The highest BCUT2D eigenvalue weighted by atomic mass is 32.1. The molecule has 0 unspecified atom stereocenters. The van der Waals surface area contributed by atoms with Gasteiger partial charge in [-0.2, -0.15) is 0 Å². The largest absolute Gasteiger partial charge is 0.497 e. The Morgan fingerprint density at radius 2 is 1.75 bits per heavy atom. The SMILES string of the molecule is CCCc1ccc(-c2nc(NC(=O)COc3ccc(OC)cc3)sc2C)cc1. The Hall–Kier alpha value is -2.86. The Kier molecular flexibility index (Phi) is 6.66. The van der Waals surface area contributed by atoms with Gasteiger partial charge < -0.3 is 9.47 Å². The molecule has 0 aliphatic heterocycles. The van der Waals surface area contributed by atoms with E-state index in [4.69, 9.17) is 9.47 Å². The van der Waals surface area contributed by atoms with Gasteiger partial charge in [0, 0.05) is 10.4 Å². The van der Waals surface area contributed by atoms with Crippen LogP contribution in [0.1, 0.15) is 23.8 Å². The number of hydrogen-bond donors (Lipinski definition) is 1. The van der Waals surface area contributed by atoms with Crippen molar-refractivity contribution in [1.82, 2.24) is 4.98 Å². The van der Waals surface area contributed by atoms with Crippen LogP contribution in [-0.4, -0.2) is 24.6 Å². The number of nitrogens with one attached hydrogen (secondary N) is 1. The molecule has 0 radical (unpaired) electrons. The predicted molar refractivity (Wildman–Crippen MR) is 113 cm³/mol. The van der Waals surface area contributed by atoms with E-state index in [1.807, 2.05) is 6.92 Å². The number of ether oxygens (including phenoxy) is 2. The second kappa shape index (κ2) is 9.37. The van der Waals surface area contributed by atoms with Crippen LogP contribution in [0.5, 0.6) is 11.5 Å². The summed E-state index contributed by atoms with van der Waals surface area (Å²) in [7, 11) is 1.60. The number of anilines is 1. The van der Waals surface area contributed by atoms with E-state index in [1.54, 1.807) is 31.4 Å². The van der Waals surface area contributed by atoms with Gasteiger partial charge in [-0.15, -0.1) is 11.3 Å². The second-order valence-electron chi connectivity index (χ2n) is 6.38. The van der Waals surface area contributed by atoms with E-state index in [1.165, 1.54) is 16.9 Å². The summed E-state index contributed by atoms with van der Waals surface area (Å²) in [5, 5.41) is 3.39. The van der Waals surface area contributed by atoms with Crippen LogP contribution in [0.15, 0.2) is 48.5 Å². The number of thiazole rings is 1. The molecular formula is C22H24N2O3S. The van der Waals surface area contributed by atoms with Gasteiger partial charge in [0.1, 0.15) is 11.5 Å². The number of hydrogen-bond acceptors (Lipinski definition) is 5. The Morgan fingerprint density at radius 1 is 1.07 bits per heavy atom. The summed E-state index contributed by atoms with van der Waals surface area (Å²) in [5.74, 6) is 1.11. The summed E-state index contributed by atoms with van der Waals surface area (Å²) in [6.45, 7) is 4.11. The number of rotatable bonds is 8. The molecule has 0 spiro atoms. The fourth-order valence-electron chi connectivity index (χ4n) is 2.81. The highest BCUT2D eigenvalue weighted by Gasteiger charge is 2.12. The van der Waals surface area contributed by atoms with Crippen molar-refractivity contribution in [2.45, 2.75) is 26.7 Å². The zero-order chi connectivity index (χ0) is 19.9. The Balaban J connectivity index is 1.59. The minimum absolute atomic E-state index is 0.0774. The first-order valence-corrected chi connectivity index (χ1v) is 10.0. The minimum atomic E-state index is -0.241. The van der Waals surface area contributed by atoms with Crippen LogP contribution in [0.3, 0.4) is 0 Å². The third-order valence-electron chi connectivity index (χ3n) is 4.24. The van der Waals surface area contributed by atoms with Gasteiger partial charge in [0.05, 0.1) is 12.8 Å². The molecule has 1 N–H and O–H groups in total. The van der Waals surface area contributed by atoms with Crippen LogP contribution in [0.25, 0.3) is 11.3 Å². The number of aryl methyl sites for hydroxylation is 2. The predicted octanol–water partition coefficient (Wildman–Crippen LogP) is 5.10. The molecule has 5 nitrogen and oxygen atoms in total. The number of nitrogens with zero attached hydrogens (tertiary/aromatic N) is 1. The quantitative estimate of drug-likeness (QED) is 0.576. The molecule has 0 atom stereocenters. The van der Waals surface area contributed by atoms with Crippen LogP contribution >= 0.6 is 11.3 Å². The zero-order valence-electron chi connectivity index (χ0n) is 16.3. The van der Waals surface area contributed by atoms with Crippen molar-refractivity contribution < 1.29 is 14.3 Å². The van der Waals surface area contributed by atoms with E-state index in [2.05, 4.69) is 41.5 Å². The first-order valence-electron chi connectivity index (χ1n) is 9.22. The standard InChI is InChI=1S/C22H24N2O3S/c1-4-5-16-6-8-17(9-7-16)21-15(2)28-22(24-21)23-20(25)14-27-19-12-10-18(26-3)11-13-19/h6-13H,4-5,14H2,1-3H3,(H,23,24,25). The molecular weight excluding hydrogens is 372 g/mol. The molecule has 1 amide bonds. The monoisotopic (exact) mass is 396 g/mol. The van der Waals surface area contributed by atoms with Crippen molar-refractivity contribution in [3.63, 3.8) is 0 Å². The van der Waals surface area contributed by atoms with Crippen molar-refractivity contribution in [3.05, 3.63) is 59.0 Å². The molecule has 1 aromatic heterocycles. The van der Waals surface area contributed by atoms with E-state index in [0.717, 1.165) is 34.7 Å². The fraction of sp³-hybridized carbons (Fsp3) is 0.273. The zero-order valence-corrected chi connectivity index (χ0v) is 17.1. The fourth-order valence-corrected chi connectivity index (χ4v) is 3.66. The lowest BCUT2D eigenvalue weighted by atomic mass is 10.1. The van der Waals surface area contributed by atoms with Crippen molar-refractivity contribution in [1.29, 1.82) is 0 Å². The normalized spacial score (nSPS) is 10.5. The summed E-state index contributed by atoms with van der Waals surface area (Å²) >= 11 is 1.46. The summed E-state index contributed by atoms with van der Waals surface area (Å²) in [6, 6.07) is 15.6. The highest BCUT2D eigenvalue weighted by molar-refractivity contribution is 7.16. The maximum atomic E-state index is 12.2. The average molecular weight is 397 g/mol. The number of amides is 1. The van der Waals surface area contributed by atoms with E-state index in [9.17, 15) is 4.79 Å². The van der Waals surface area contributed by atoms with Crippen molar-refractivity contribution >= 4 is 22.4 Å². The van der Waals surface area contributed by atoms with E-state index >= 15 is 0 Å². The third kappa shape index (κ3) is 5.10. The summed E-state index contributed by atoms with van der Waals surface area (Å²) in [4.78, 5) is 17.8. The molecule has 0 aliphatic rings. The molecule has 0 bridgehead atoms. The lowest BCUT2D eigenvalue weighted by Crippen LogP contribution is -2.20. The van der Waals surface area contributed by atoms with Crippen LogP contribution < -0.4 is 14.8 Å². The van der Waals surface area contributed by atoms with Gasteiger partial charge in [-0.1, -0.05) is 37.6 Å². The lowest BCUT2D eigenvalue weighted by molar-refractivity contribution is -0.118. The molecule has 0 fully saturated rings. The van der Waals surface area contributed by atoms with Gasteiger partial charge in [-0.3, -0.25) is 10.1 Å². The second-order valence-corrected chi connectivity index (χ2v) is 7.59. The topological polar surface area (TPSA) is 60.5 Å². The van der Waals surface area contributed by atoms with Gasteiger partial charge in [-0.25, -0.2) is 4.98 Å². The number of carbonyl (C=O) groups excluding carboxylic acids is 1. The van der Waals surface area contributed by atoms with Gasteiger partial charge in [-0.05, 0) is 43.2 Å². The number of benzene rings is 2. The van der Waals surface area contributed by atoms with E-state index < -0.39 is 0 Å². The molecule has 1 heterocycles. The maximum absolute atomic E-state index is 12.2. The molecule has 0 saturated heterocycles. The molecule has 6 heteroatoms. The molecule has 3 aromatic rings. The van der Waals surface area contributed by atoms with Crippen LogP contribution in [0.2, 0.25) is 0 Å². The molecule has 3 rings (SSSR count). The third-order valence-corrected chi connectivity index (χ3v) is 5.12. The van der Waals surface area contributed by atoms with Gasteiger partial charge in [0.25, 0.3) is 5.91 Å². The maximum Gasteiger partial charge on any atom is 0.264 e. The van der Waals surface area contributed by atoms with Crippen molar-refractivity contribution in [2.75, 3.05) is 19.0 Å². The Morgan fingerprint density at radius 3 is 2.39 bits per heavy atom. The van der Waals surface area contributed by atoms with Gasteiger partial charge in [0.15, 0.2) is 11.7 Å². The van der Waals surface area contributed by atoms with Crippen molar-refractivity contribution in [2.24, 2.45) is 0 Å². The summed E-state index contributed by atoms with van der Waals surface area (Å²) < 4.78 is 10.6. The molecule has 0 aliphatic carbocycles. The molecule has 146 valence electrons.